The van der Waals surface area contributed by atoms with E-state index in [1.54, 1.807) is 6.07 Å². The zero-order valence-corrected chi connectivity index (χ0v) is 11.3. The molecule has 3 nitrogen and oxygen atoms in total. The van der Waals surface area contributed by atoms with Crippen LogP contribution in [0.4, 0.5) is 5.69 Å². The first-order chi connectivity index (χ1) is 8.18. The van der Waals surface area contributed by atoms with Crippen LogP contribution in [0.15, 0.2) is 22.7 Å². The second-order valence-corrected chi connectivity index (χ2v) is 5.36. The van der Waals surface area contributed by atoms with Gasteiger partial charge in [-0.25, -0.2) is 0 Å². The summed E-state index contributed by atoms with van der Waals surface area (Å²) >= 11 is 3.33. The zero-order valence-electron chi connectivity index (χ0n) is 9.71. The maximum atomic E-state index is 12.1. The molecule has 4 heteroatoms. The van der Waals surface area contributed by atoms with Crippen LogP contribution in [-0.2, 0) is 0 Å². The van der Waals surface area contributed by atoms with Gasteiger partial charge in [0.15, 0.2) is 0 Å². The maximum absolute atomic E-state index is 12.1. The van der Waals surface area contributed by atoms with Gasteiger partial charge in [0.25, 0.3) is 5.91 Å². The third-order valence-electron chi connectivity index (χ3n) is 3.24. The third kappa shape index (κ3) is 3.00. The fourth-order valence-corrected chi connectivity index (χ4v) is 2.61. The number of nitrogens with two attached hydrogens (primary N) is 1. The van der Waals surface area contributed by atoms with Gasteiger partial charge in [0, 0.05) is 10.5 Å². The van der Waals surface area contributed by atoms with Crippen molar-refractivity contribution in [1.29, 1.82) is 0 Å². The van der Waals surface area contributed by atoms with Gasteiger partial charge in [-0.15, -0.1) is 0 Å². The molecule has 1 saturated carbocycles. The summed E-state index contributed by atoms with van der Waals surface area (Å²) in [5.41, 5.74) is 6.96. The van der Waals surface area contributed by atoms with Gasteiger partial charge >= 0.3 is 0 Å². The first-order valence-corrected chi connectivity index (χ1v) is 6.82. The van der Waals surface area contributed by atoms with E-state index in [1.807, 2.05) is 12.1 Å². The van der Waals surface area contributed by atoms with Crippen molar-refractivity contribution in [2.75, 3.05) is 5.73 Å². The van der Waals surface area contributed by atoms with Crippen molar-refractivity contribution >= 4 is 27.5 Å². The molecule has 2 rings (SSSR count). The Morgan fingerprint density at radius 3 is 2.71 bits per heavy atom. The lowest BCUT2D eigenvalue weighted by Gasteiger charge is -2.23. The smallest absolute Gasteiger partial charge is 0.253 e. The summed E-state index contributed by atoms with van der Waals surface area (Å²) in [6, 6.07) is 5.75. The quantitative estimate of drug-likeness (QED) is 0.824. The van der Waals surface area contributed by atoms with Crippen molar-refractivity contribution in [3.05, 3.63) is 28.2 Å². The molecule has 1 aromatic rings. The second-order valence-electron chi connectivity index (χ2n) is 4.51. The van der Waals surface area contributed by atoms with Crippen molar-refractivity contribution in [2.45, 2.75) is 38.1 Å². The van der Waals surface area contributed by atoms with Crippen molar-refractivity contribution in [2.24, 2.45) is 0 Å². The summed E-state index contributed by atoms with van der Waals surface area (Å²) in [6.07, 6.45) is 5.86. The molecule has 0 saturated heterocycles. The summed E-state index contributed by atoms with van der Waals surface area (Å²) in [4.78, 5) is 12.1. The van der Waals surface area contributed by atoms with Crippen LogP contribution in [0.2, 0.25) is 0 Å². The van der Waals surface area contributed by atoms with E-state index in [0.29, 0.717) is 17.3 Å². The van der Waals surface area contributed by atoms with Crippen molar-refractivity contribution in [3.63, 3.8) is 0 Å². The number of halogens is 1. The van der Waals surface area contributed by atoms with Crippen LogP contribution < -0.4 is 11.1 Å². The lowest BCUT2D eigenvalue weighted by Crippen LogP contribution is -2.36. The highest BCUT2D eigenvalue weighted by atomic mass is 79.9. The SMILES string of the molecule is Nc1c(Br)cccc1C(=O)NC1CCCCC1. The van der Waals surface area contributed by atoms with E-state index >= 15 is 0 Å². The lowest BCUT2D eigenvalue weighted by molar-refractivity contribution is 0.0928. The second kappa shape index (κ2) is 5.54. The molecule has 0 atom stereocenters. The number of hydrogen-bond donors (Lipinski definition) is 2. The molecule has 92 valence electrons. The number of anilines is 1. The number of carbonyl (C=O) groups is 1. The molecule has 1 aromatic carbocycles. The van der Waals surface area contributed by atoms with Gasteiger partial charge in [-0.2, -0.15) is 0 Å². The number of para-hydroxylation sites is 1. The molecule has 1 aliphatic carbocycles. The summed E-state index contributed by atoms with van der Waals surface area (Å²) in [6.45, 7) is 0. The van der Waals surface area contributed by atoms with Gasteiger partial charge in [-0.05, 0) is 40.9 Å². The molecule has 0 aromatic heterocycles. The van der Waals surface area contributed by atoms with E-state index < -0.39 is 0 Å². The highest BCUT2D eigenvalue weighted by molar-refractivity contribution is 9.10. The van der Waals surface area contributed by atoms with Gasteiger partial charge < -0.3 is 11.1 Å². The van der Waals surface area contributed by atoms with E-state index in [-0.39, 0.29) is 5.91 Å². The Balaban J connectivity index is 2.06. The number of nitrogen functional groups attached to an aromatic ring is 1. The monoisotopic (exact) mass is 296 g/mol. The summed E-state index contributed by atoms with van der Waals surface area (Å²) in [5, 5.41) is 3.06. The fraction of sp³-hybridized carbons (Fsp3) is 0.462. The van der Waals surface area contributed by atoms with E-state index in [2.05, 4.69) is 21.2 Å². The lowest BCUT2D eigenvalue weighted by atomic mass is 9.95. The highest BCUT2D eigenvalue weighted by Crippen LogP contribution is 2.24. The van der Waals surface area contributed by atoms with Crippen LogP contribution in [0.5, 0.6) is 0 Å². The molecule has 0 aliphatic heterocycles. The first-order valence-electron chi connectivity index (χ1n) is 6.03. The minimum absolute atomic E-state index is 0.0595. The molecule has 3 N–H and O–H groups in total. The Labute approximate surface area is 110 Å². The van der Waals surface area contributed by atoms with Crippen molar-refractivity contribution in [1.82, 2.24) is 5.32 Å². The standard InChI is InChI=1S/C13H17BrN2O/c14-11-8-4-7-10(12(11)15)13(17)16-9-5-2-1-3-6-9/h4,7-9H,1-3,5-6,15H2,(H,16,17). The number of hydrogen-bond acceptors (Lipinski definition) is 2. The van der Waals surface area contributed by atoms with E-state index in [0.717, 1.165) is 17.3 Å². The molecule has 1 fully saturated rings. The van der Waals surface area contributed by atoms with Crippen molar-refractivity contribution < 1.29 is 4.79 Å². The predicted molar refractivity (Wildman–Crippen MR) is 72.9 cm³/mol. The Hall–Kier alpha value is -1.03. The Bertz CT molecular complexity index is 414. The molecule has 0 bridgehead atoms. The predicted octanol–water partition coefficient (Wildman–Crippen LogP) is 3.09. The number of amides is 1. The molecular formula is C13H17BrN2O. The Morgan fingerprint density at radius 2 is 2.00 bits per heavy atom. The Kier molecular flexibility index (Phi) is 4.05. The topological polar surface area (TPSA) is 55.1 Å². The molecule has 17 heavy (non-hydrogen) atoms. The third-order valence-corrected chi connectivity index (χ3v) is 3.93. The minimum atomic E-state index is -0.0595. The van der Waals surface area contributed by atoms with Crippen LogP contribution in [0.25, 0.3) is 0 Å². The number of nitrogens with one attached hydrogen (secondary N) is 1. The zero-order chi connectivity index (χ0) is 12.3. The molecule has 0 spiro atoms. The highest BCUT2D eigenvalue weighted by Gasteiger charge is 2.18. The number of carbonyl (C=O) groups excluding carboxylic acids is 1. The van der Waals surface area contributed by atoms with Crippen LogP contribution in [-0.4, -0.2) is 11.9 Å². The average Bonchev–Trinajstić information content (AvgIpc) is 2.34. The van der Waals surface area contributed by atoms with Gasteiger partial charge in [0.05, 0.1) is 11.3 Å². The molecule has 1 aliphatic rings. The van der Waals surface area contributed by atoms with Gasteiger partial charge in [0.2, 0.25) is 0 Å². The van der Waals surface area contributed by atoms with Crippen LogP contribution in [0.3, 0.4) is 0 Å². The maximum Gasteiger partial charge on any atom is 0.253 e. The van der Waals surface area contributed by atoms with Crippen LogP contribution >= 0.6 is 15.9 Å². The van der Waals surface area contributed by atoms with Crippen LogP contribution in [0.1, 0.15) is 42.5 Å². The fourth-order valence-electron chi connectivity index (χ4n) is 2.25. The minimum Gasteiger partial charge on any atom is -0.397 e. The van der Waals surface area contributed by atoms with Gasteiger partial charge in [-0.3, -0.25) is 4.79 Å². The van der Waals surface area contributed by atoms with E-state index in [9.17, 15) is 4.79 Å². The summed E-state index contributed by atoms with van der Waals surface area (Å²) in [5.74, 6) is -0.0595. The summed E-state index contributed by atoms with van der Waals surface area (Å²) in [7, 11) is 0. The molecular weight excluding hydrogens is 280 g/mol. The normalized spacial score (nSPS) is 16.8. The van der Waals surface area contributed by atoms with Crippen LogP contribution in [0, 0.1) is 0 Å². The van der Waals surface area contributed by atoms with E-state index in [4.69, 9.17) is 5.73 Å². The van der Waals surface area contributed by atoms with Crippen molar-refractivity contribution in [3.8, 4) is 0 Å². The molecule has 0 unspecified atom stereocenters. The summed E-state index contributed by atoms with van der Waals surface area (Å²) < 4.78 is 0.772. The number of benzene rings is 1. The van der Waals surface area contributed by atoms with E-state index in [1.165, 1.54) is 19.3 Å². The molecule has 0 radical (unpaired) electrons. The van der Waals surface area contributed by atoms with Gasteiger partial charge in [-0.1, -0.05) is 25.3 Å². The van der Waals surface area contributed by atoms with Gasteiger partial charge in [0.1, 0.15) is 0 Å². The average molecular weight is 297 g/mol. The molecule has 1 amide bonds. The largest absolute Gasteiger partial charge is 0.397 e. The molecule has 0 heterocycles. The first kappa shape index (κ1) is 12.4. The number of rotatable bonds is 2. The Morgan fingerprint density at radius 1 is 1.29 bits per heavy atom.